The van der Waals surface area contributed by atoms with E-state index in [0.29, 0.717) is 5.69 Å². The molecule has 23 heavy (non-hydrogen) atoms. The van der Waals surface area contributed by atoms with Gasteiger partial charge in [0.25, 0.3) is 0 Å². The highest BCUT2D eigenvalue weighted by Crippen LogP contribution is 2.22. The van der Waals surface area contributed by atoms with E-state index in [1.165, 1.54) is 6.33 Å². The van der Waals surface area contributed by atoms with Crippen molar-refractivity contribution in [3.8, 4) is 5.75 Å². The van der Waals surface area contributed by atoms with Gasteiger partial charge in [0.1, 0.15) is 17.9 Å². The van der Waals surface area contributed by atoms with Crippen LogP contribution in [-0.4, -0.2) is 27.9 Å². The molecule has 2 amide bonds. The summed E-state index contributed by atoms with van der Waals surface area (Å²) in [6.07, 6.45) is 2.46. The molecule has 1 heterocycles. The van der Waals surface area contributed by atoms with Crippen LogP contribution in [0.25, 0.3) is 0 Å². The van der Waals surface area contributed by atoms with Crippen molar-refractivity contribution in [3.63, 3.8) is 0 Å². The molecule has 0 aliphatic carbocycles. The molecule has 0 unspecified atom stereocenters. The number of hydrogen-bond donors (Lipinski definition) is 2. The standard InChI is InChI=1S/C16H23N5O2/c1-5-8-21-15(17-10-18-21)12(3)19-16(22)20-13-7-6-11(2)14(9-13)23-4/h6-7,9-10,12H,5,8H2,1-4H3,(H2,19,20,22)/t12-/m0/s1. The lowest BCUT2D eigenvalue weighted by Gasteiger charge is -2.15. The van der Waals surface area contributed by atoms with Gasteiger partial charge in [-0.25, -0.2) is 14.5 Å². The minimum atomic E-state index is -0.297. The van der Waals surface area contributed by atoms with Crippen molar-refractivity contribution in [1.29, 1.82) is 0 Å². The Morgan fingerprint density at radius 1 is 1.43 bits per heavy atom. The van der Waals surface area contributed by atoms with Gasteiger partial charge in [-0.05, 0) is 31.9 Å². The number of benzene rings is 1. The van der Waals surface area contributed by atoms with Gasteiger partial charge in [-0.3, -0.25) is 0 Å². The molecule has 2 N–H and O–H groups in total. The molecule has 0 aliphatic rings. The van der Waals surface area contributed by atoms with Gasteiger partial charge in [0.05, 0.1) is 13.2 Å². The van der Waals surface area contributed by atoms with Crippen LogP contribution >= 0.6 is 0 Å². The molecule has 0 spiro atoms. The topological polar surface area (TPSA) is 81.1 Å². The van der Waals surface area contributed by atoms with E-state index < -0.39 is 0 Å². The second kappa shape index (κ2) is 7.62. The first kappa shape index (κ1) is 16.8. The van der Waals surface area contributed by atoms with Crippen LogP contribution in [-0.2, 0) is 6.54 Å². The highest BCUT2D eigenvalue weighted by molar-refractivity contribution is 5.89. The summed E-state index contributed by atoms with van der Waals surface area (Å²) < 4.78 is 7.06. The fraction of sp³-hybridized carbons (Fsp3) is 0.438. The van der Waals surface area contributed by atoms with E-state index in [9.17, 15) is 4.79 Å². The van der Waals surface area contributed by atoms with Gasteiger partial charge >= 0.3 is 6.03 Å². The number of carbonyl (C=O) groups excluding carboxylic acids is 1. The molecule has 7 nitrogen and oxygen atoms in total. The predicted octanol–water partition coefficient (Wildman–Crippen LogP) is 2.89. The lowest BCUT2D eigenvalue weighted by Crippen LogP contribution is -2.32. The molecule has 0 fully saturated rings. The van der Waals surface area contributed by atoms with Crippen molar-refractivity contribution in [2.45, 2.75) is 39.8 Å². The van der Waals surface area contributed by atoms with Crippen LogP contribution in [0.2, 0.25) is 0 Å². The van der Waals surface area contributed by atoms with Crippen molar-refractivity contribution in [2.75, 3.05) is 12.4 Å². The van der Waals surface area contributed by atoms with Crippen molar-refractivity contribution in [2.24, 2.45) is 0 Å². The number of aryl methyl sites for hydroxylation is 2. The second-order valence-electron chi connectivity index (χ2n) is 5.35. The van der Waals surface area contributed by atoms with Crippen LogP contribution in [0.5, 0.6) is 5.75 Å². The molecule has 0 saturated heterocycles. The molecule has 1 atom stereocenters. The summed E-state index contributed by atoms with van der Waals surface area (Å²) in [5.74, 6) is 1.47. The number of urea groups is 1. The zero-order valence-electron chi connectivity index (χ0n) is 14.0. The minimum absolute atomic E-state index is 0.239. The monoisotopic (exact) mass is 317 g/mol. The van der Waals surface area contributed by atoms with Crippen LogP contribution in [0, 0.1) is 6.92 Å². The molecule has 124 valence electrons. The molecular weight excluding hydrogens is 294 g/mol. The van der Waals surface area contributed by atoms with Crippen LogP contribution in [0.4, 0.5) is 10.5 Å². The van der Waals surface area contributed by atoms with E-state index in [1.807, 2.05) is 26.0 Å². The number of ether oxygens (including phenoxy) is 1. The lowest BCUT2D eigenvalue weighted by atomic mass is 10.2. The number of anilines is 1. The van der Waals surface area contributed by atoms with Gasteiger partial charge in [0, 0.05) is 18.3 Å². The summed E-state index contributed by atoms with van der Waals surface area (Å²) in [7, 11) is 1.61. The normalized spacial score (nSPS) is 11.8. The molecule has 0 radical (unpaired) electrons. The first-order valence-corrected chi connectivity index (χ1v) is 7.65. The van der Waals surface area contributed by atoms with E-state index in [1.54, 1.807) is 17.9 Å². The Bertz CT molecular complexity index is 668. The predicted molar refractivity (Wildman–Crippen MR) is 88.6 cm³/mol. The van der Waals surface area contributed by atoms with E-state index in [2.05, 4.69) is 27.6 Å². The highest BCUT2D eigenvalue weighted by atomic mass is 16.5. The zero-order valence-corrected chi connectivity index (χ0v) is 14.0. The lowest BCUT2D eigenvalue weighted by molar-refractivity contribution is 0.248. The molecular formula is C16H23N5O2. The number of hydrogen-bond acceptors (Lipinski definition) is 4. The SMILES string of the molecule is CCCn1ncnc1[C@H](C)NC(=O)Nc1ccc(C)c(OC)c1. The quantitative estimate of drug-likeness (QED) is 0.858. The van der Waals surface area contributed by atoms with Gasteiger partial charge in [0.2, 0.25) is 0 Å². The number of nitrogens with one attached hydrogen (secondary N) is 2. The average Bonchev–Trinajstić information content (AvgIpc) is 2.98. The van der Waals surface area contributed by atoms with Crippen molar-refractivity contribution in [3.05, 3.63) is 35.9 Å². The Kier molecular flexibility index (Phi) is 5.56. The molecule has 1 aromatic carbocycles. The molecule has 7 heteroatoms. The number of nitrogens with zero attached hydrogens (tertiary/aromatic N) is 3. The summed E-state index contributed by atoms with van der Waals surface area (Å²) >= 11 is 0. The van der Waals surface area contributed by atoms with E-state index in [-0.39, 0.29) is 12.1 Å². The largest absolute Gasteiger partial charge is 0.496 e. The third-order valence-electron chi connectivity index (χ3n) is 3.48. The number of amides is 2. The Morgan fingerprint density at radius 2 is 2.22 bits per heavy atom. The third-order valence-corrected chi connectivity index (χ3v) is 3.48. The van der Waals surface area contributed by atoms with Gasteiger partial charge in [-0.2, -0.15) is 5.10 Å². The molecule has 0 bridgehead atoms. The first-order valence-electron chi connectivity index (χ1n) is 7.65. The highest BCUT2D eigenvalue weighted by Gasteiger charge is 2.15. The zero-order chi connectivity index (χ0) is 16.8. The van der Waals surface area contributed by atoms with Crippen LogP contribution in [0.3, 0.4) is 0 Å². The maximum Gasteiger partial charge on any atom is 0.319 e. The van der Waals surface area contributed by atoms with E-state index in [4.69, 9.17) is 4.74 Å². The van der Waals surface area contributed by atoms with Gasteiger partial charge in [0.15, 0.2) is 0 Å². The summed E-state index contributed by atoms with van der Waals surface area (Å²) in [4.78, 5) is 16.4. The van der Waals surface area contributed by atoms with Crippen molar-refractivity contribution >= 4 is 11.7 Å². The Balaban J connectivity index is 2.00. The van der Waals surface area contributed by atoms with Crippen LogP contribution in [0.1, 0.15) is 37.7 Å². The second-order valence-corrected chi connectivity index (χ2v) is 5.35. The van der Waals surface area contributed by atoms with Gasteiger partial charge in [-0.15, -0.1) is 0 Å². The van der Waals surface area contributed by atoms with Gasteiger partial charge in [-0.1, -0.05) is 13.0 Å². The average molecular weight is 317 g/mol. The number of methoxy groups -OCH3 is 1. The number of aromatic nitrogens is 3. The smallest absolute Gasteiger partial charge is 0.319 e. The maximum atomic E-state index is 12.2. The van der Waals surface area contributed by atoms with Crippen LogP contribution < -0.4 is 15.4 Å². The van der Waals surface area contributed by atoms with Gasteiger partial charge < -0.3 is 15.4 Å². The van der Waals surface area contributed by atoms with Crippen LogP contribution in [0.15, 0.2) is 24.5 Å². The Morgan fingerprint density at radius 3 is 2.91 bits per heavy atom. The van der Waals surface area contributed by atoms with Crippen molar-refractivity contribution in [1.82, 2.24) is 20.1 Å². The fourth-order valence-corrected chi connectivity index (χ4v) is 2.32. The maximum absolute atomic E-state index is 12.2. The van der Waals surface area contributed by atoms with E-state index in [0.717, 1.165) is 30.1 Å². The summed E-state index contributed by atoms with van der Waals surface area (Å²) in [5.41, 5.74) is 1.69. The molecule has 0 aliphatic heterocycles. The first-order chi connectivity index (χ1) is 11.0. The Hall–Kier alpha value is -2.57. The minimum Gasteiger partial charge on any atom is -0.496 e. The molecule has 2 aromatic rings. The number of rotatable bonds is 6. The third kappa shape index (κ3) is 4.21. The molecule has 0 saturated carbocycles. The Labute approximate surface area is 136 Å². The van der Waals surface area contributed by atoms with Crippen molar-refractivity contribution < 1.29 is 9.53 Å². The summed E-state index contributed by atoms with van der Waals surface area (Å²) in [6, 6.07) is 4.99. The molecule has 2 rings (SSSR count). The summed E-state index contributed by atoms with van der Waals surface area (Å²) in [5, 5.41) is 9.84. The number of carbonyl (C=O) groups is 1. The molecule has 1 aromatic heterocycles. The summed E-state index contributed by atoms with van der Waals surface area (Å²) in [6.45, 7) is 6.68. The van der Waals surface area contributed by atoms with E-state index >= 15 is 0 Å². The fourth-order valence-electron chi connectivity index (χ4n) is 2.32.